The molecule has 1 fully saturated rings. The summed E-state index contributed by atoms with van der Waals surface area (Å²) in [5.41, 5.74) is 1.14. The molecule has 0 amide bonds. The first-order valence-electron chi connectivity index (χ1n) is 9.04. The Balaban J connectivity index is 2.03. The standard InChI is InChI=1S/C17H27N5O4S/c1-10(2)8-21-12(4)16(11(3)19-21)27(23,24)22-9-14(25-6)7-15(22)17-18-13(5)20-26-17/h10,14-15H,7-9H2,1-6H3/t14-,15+/m0/s1. The maximum absolute atomic E-state index is 13.6. The molecule has 2 atom stereocenters. The van der Waals surface area contributed by atoms with E-state index in [1.807, 2.05) is 0 Å². The van der Waals surface area contributed by atoms with Crippen molar-refractivity contribution in [1.29, 1.82) is 0 Å². The molecule has 0 aromatic carbocycles. The van der Waals surface area contributed by atoms with Crippen molar-refractivity contribution in [1.82, 2.24) is 24.2 Å². The van der Waals surface area contributed by atoms with Gasteiger partial charge in [0.05, 0.1) is 17.5 Å². The van der Waals surface area contributed by atoms with Crippen molar-refractivity contribution in [2.45, 2.75) is 64.6 Å². The molecule has 3 heterocycles. The highest BCUT2D eigenvalue weighted by atomic mass is 32.2. The maximum atomic E-state index is 13.6. The van der Waals surface area contributed by atoms with Crippen molar-refractivity contribution in [2.24, 2.45) is 5.92 Å². The highest BCUT2D eigenvalue weighted by Gasteiger charge is 2.45. The van der Waals surface area contributed by atoms with Crippen LogP contribution in [-0.4, -0.2) is 52.4 Å². The molecular weight excluding hydrogens is 370 g/mol. The summed E-state index contributed by atoms with van der Waals surface area (Å²) in [6.07, 6.45) is 0.235. The van der Waals surface area contributed by atoms with Gasteiger partial charge in [-0.25, -0.2) is 8.42 Å². The van der Waals surface area contributed by atoms with Crippen LogP contribution < -0.4 is 0 Å². The predicted octanol–water partition coefficient (Wildman–Crippen LogP) is 2.00. The SMILES string of the molecule is CO[C@H]1C[C@H](c2nc(C)no2)N(S(=O)(=O)c2c(C)nn(CC(C)C)c2C)C1. The van der Waals surface area contributed by atoms with E-state index in [-0.39, 0.29) is 17.5 Å². The second-order valence-corrected chi connectivity index (χ2v) is 9.27. The molecule has 27 heavy (non-hydrogen) atoms. The summed E-state index contributed by atoms with van der Waals surface area (Å²) in [4.78, 5) is 4.50. The van der Waals surface area contributed by atoms with Gasteiger partial charge in [0.25, 0.3) is 0 Å². The van der Waals surface area contributed by atoms with Crippen molar-refractivity contribution in [2.75, 3.05) is 13.7 Å². The number of methoxy groups -OCH3 is 1. The number of aryl methyl sites for hydroxylation is 2. The molecule has 0 aliphatic carbocycles. The Labute approximate surface area is 159 Å². The van der Waals surface area contributed by atoms with Gasteiger partial charge in [-0.2, -0.15) is 14.4 Å². The molecule has 0 saturated carbocycles. The van der Waals surface area contributed by atoms with E-state index >= 15 is 0 Å². The average molecular weight is 398 g/mol. The van der Waals surface area contributed by atoms with E-state index in [0.29, 0.717) is 42.0 Å². The molecule has 9 nitrogen and oxygen atoms in total. The minimum absolute atomic E-state index is 0.233. The van der Waals surface area contributed by atoms with Crippen molar-refractivity contribution >= 4 is 10.0 Å². The zero-order valence-electron chi connectivity index (χ0n) is 16.6. The third-order valence-electron chi connectivity index (χ3n) is 4.80. The van der Waals surface area contributed by atoms with Crippen LogP contribution in [0.25, 0.3) is 0 Å². The van der Waals surface area contributed by atoms with Gasteiger partial charge in [-0.15, -0.1) is 0 Å². The molecular formula is C17H27N5O4S. The van der Waals surface area contributed by atoms with Crippen molar-refractivity contribution in [3.05, 3.63) is 23.1 Å². The Morgan fingerprint density at radius 1 is 1.30 bits per heavy atom. The monoisotopic (exact) mass is 397 g/mol. The molecule has 10 heteroatoms. The number of hydrogen-bond acceptors (Lipinski definition) is 7. The third-order valence-corrected chi connectivity index (χ3v) is 6.93. The predicted molar refractivity (Wildman–Crippen MR) is 97.6 cm³/mol. The van der Waals surface area contributed by atoms with E-state index in [1.54, 1.807) is 32.6 Å². The zero-order valence-corrected chi connectivity index (χ0v) is 17.4. The first-order valence-corrected chi connectivity index (χ1v) is 10.5. The van der Waals surface area contributed by atoms with Crippen LogP contribution in [0.4, 0.5) is 0 Å². The molecule has 0 unspecified atom stereocenters. The molecule has 0 spiro atoms. The van der Waals surface area contributed by atoms with Crippen molar-refractivity contribution in [3.8, 4) is 0 Å². The zero-order chi connectivity index (χ0) is 19.9. The normalized spacial score (nSPS) is 21.4. The van der Waals surface area contributed by atoms with Gasteiger partial charge in [-0.05, 0) is 26.7 Å². The van der Waals surface area contributed by atoms with Gasteiger partial charge in [0.1, 0.15) is 10.9 Å². The van der Waals surface area contributed by atoms with E-state index in [9.17, 15) is 8.42 Å². The Morgan fingerprint density at radius 3 is 2.56 bits per heavy atom. The lowest BCUT2D eigenvalue weighted by Gasteiger charge is -2.21. The summed E-state index contributed by atoms with van der Waals surface area (Å²) >= 11 is 0. The first-order chi connectivity index (χ1) is 12.6. The van der Waals surface area contributed by atoms with E-state index in [1.165, 1.54) is 4.31 Å². The van der Waals surface area contributed by atoms with Gasteiger partial charge in [-0.3, -0.25) is 4.68 Å². The number of ether oxygens (including phenoxy) is 1. The molecule has 2 aromatic rings. The topological polar surface area (TPSA) is 103 Å². The fourth-order valence-electron chi connectivity index (χ4n) is 3.57. The van der Waals surface area contributed by atoms with Gasteiger partial charge in [0.15, 0.2) is 5.82 Å². The van der Waals surface area contributed by atoms with E-state index in [2.05, 4.69) is 29.1 Å². The van der Waals surface area contributed by atoms with Crippen LogP contribution in [-0.2, 0) is 21.3 Å². The molecule has 0 bridgehead atoms. The van der Waals surface area contributed by atoms with E-state index < -0.39 is 16.1 Å². The molecule has 3 rings (SSSR count). The molecule has 0 radical (unpaired) electrons. The fraction of sp³-hybridized carbons (Fsp3) is 0.706. The highest BCUT2D eigenvalue weighted by Crippen LogP contribution is 2.38. The van der Waals surface area contributed by atoms with Crippen LogP contribution in [0.5, 0.6) is 0 Å². The Hall–Kier alpha value is -1.78. The van der Waals surface area contributed by atoms with Crippen LogP contribution in [0.1, 0.15) is 49.4 Å². The fourth-order valence-corrected chi connectivity index (χ4v) is 5.57. The van der Waals surface area contributed by atoms with Gasteiger partial charge < -0.3 is 9.26 Å². The van der Waals surface area contributed by atoms with Crippen molar-refractivity contribution < 1.29 is 17.7 Å². The maximum Gasteiger partial charge on any atom is 0.247 e. The van der Waals surface area contributed by atoms with Crippen LogP contribution in [0.15, 0.2) is 9.42 Å². The summed E-state index contributed by atoms with van der Waals surface area (Å²) in [5.74, 6) is 1.12. The Kier molecular flexibility index (Phi) is 5.42. The minimum atomic E-state index is -3.80. The van der Waals surface area contributed by atoms with Gasteiger partial charge in [0.2, 0.25) is 15.9 Å². The number of rotatable bonds is 6. The Morgan fingerprint density at radius 2 is 2.00 bits per heavy atom. The molecule has 2 aromatic heterocycles. The highest BCUT2D eigenvalue weighted by molar-refractivity contribution is 7.89. The number of hydrogen-bond donors (Lipinski definition) is 0. The van der Waals surface area contributed by atoms with E-state index in [0.717, 1.165) is 0 Å². The molecule has 1 aliphatic heterocycles. The average Bonchev–Trinajstić information content (AvgIpc) is 3.25. The summed E-state index contributed by atoms with van der Waals surface area (Å²) in [6, 6.07) is -0.548. The van der Waals surface area contributed by atoms with Crippen LogP contribution in [0.3, 0.4) is 0 Å². The van der Waals surface area contributed by atoms with Crippen molar-refractivity contribution in [3.63, 3.8) is 0 Å². The lowest BCUT2D eigenvalue weighted by atomic mass is 10.2. The van der Waals surface area contributed by atoms with E-state index in [4.69, 9.17) is 9.26 Å². The molecule has 1 saturated heterocycles. The van der Waals surface area contributed by atoms with Crippen LogP contribution in [0.2, 0.25) is 0 Å². The largest absolute Gasteiger partial charge is 0.380 e. The van der Waals surface area contributed by atoms with Gasteiger partial charge in [-0.1, -0.05) is 19.0 Å². The smallest absolute Gasteiger partial charge is 0.247 e. The summed E-state index contributed by atoms with van der Waals surface area (Å²) in [7, 11) is -2.23. The number of sulfonamides is 1. The number of nitrogens with zero attached hydrogens (tertiary/aromatic N) is 5. The van der Waals surface area contributed by atoms with Gasteiger partial charge in [0, 0.05) is 26.6 Å². The van der Waals surface area contributed by atoms with Crippen LogP contribution in [0, 0.1) is 26.7 Å². The quantitative estimate of drug-likeness (QED) is 0.734. The second kappa shape index (κ2) is 7.33. The second-order valence-electron chi connectivity index (χ2n) is 7.44. The number of aromatic nitrogens is 4. The summed E-state index contributed by atoms with van der Waals surface area (Å²) < 4.78 is 41.0. The molecule has 1 aliphatic rings. The summed E-state index contributed by atoms with van der Waals surface area (Å²) in [6.45, 7) is 10.3. The molecule has 0 N–H and O–H groups in total. The minimum Gasteiger partial charge on any atom is -0.380 e. The first kappa shape index (κ1) is 20.0. The van der Waals surface area contributed by atoms with Gasteiger partial charge >= 0.3 is 0 Å². The third kappa shape index (κ3) is 3.65. The lowest BCUT2D eigenvalue weighted by molar-refractivity contribution is 0.114. The Bertz CT molecular complexity index is 918. The lowest BCUT2D eigenvalue weighted by Crippen LogP contribution is -2.33. The molecule has 150 valence electrons. The summed E-state index contributed by atoms with van der Waals surface area (Å²) in [5, 5.41) is 8.27. The van der Waals surface area contributed by atoms with Crippen LogP contribution >= 0.6 is 0 Å².